The minimum atomic E-state index is -0.788. The molecule has 3 nitrogen and oxygen atoms in total. The molecular formula is C9H9BrO3. The van der Waals surface area contributed by atoms with Crippen molar-refractivity contribution in [3.8, 4) is 0 Å². The molecule has 0 aromatic carbocycles. The lowest BCUT2D eigenvalue weighted by atomic mass is 10.0. The number of hydrogen-bond acceptors (Lipinski definition) is 2. The fourth-order valence-electron chi connectivity index (χ4n) is 1.48. The second-order valence-corrected chi connectivity index (χ2v) is 4.08. The van der Waals surface area contributed by atoms with Gasteiger partial charge in [-0.2, -0.15) is 0 Å². The predicted molar refractivity (Wildman–Crippen MR) is 49.5 cm³/mol. The summed E-state index contributed by atoms with van der Waals surface area (Å²) >= 11 is 3.16. The van der Waals surface area contributed by atoms with Gasteiger partial charge in [0.1, 0.15) is 11.7 Å². The number of carbonyl (C=O) groups is 1. The van der Waals surface area contributed by atoms with E-state index in [2.05, 4.69) is 15.9 Å². The Morgan fingerprint density at radius 1 is 1.62 bits per heavy atom. The van der Waals surface area contributed by atoms with Gasteiger partial charge in [0, 0.05) is 0 Å². The van der Waals surface area contributed by atoms with Crippen molar-refractivity contribution in [2.45, 2.75) is 18.8 Å². The maximum absolute atomic E-state index is 10.9. The van der Waals surface area contributed by atoms with Crippen molar-refractivity contribution in [3.05, 3.63) is 22.6 Å². The van der Waals surface area contributed by atoms with Crippen LogP contribution in [0, 0.1) is 5.92 Å². The quantitative estimate of drug-likeness (QED) is 0.890. The molecule has 1 aliphatic carbocycles. The van der Waals surface area contributed by atoms with Crippen LogP contribution >= 0.6 is 15.9 Å². The number of halogens is 1. The van der Waals surface area contributed by atoms with E-state index in [-0.39, 0.29) is 5.92 Å². The van der Waals surface area contributed by atoms with Crippen molar-refractivity contribution in [1.29, 1.82) is 0 Å². The van der Waals surface area contributed by atoms with Gasteiger partial charge in [-0.3, -0.25) is 4.79 Å². The normalized spacial score (nSPS) is 18.5. The lowest BCUT2D eigenvalue weighted by Gasteiger charge is -2.06. The molecule has 0 radical (unpaired) electrons. The third-order valence-electron chi connectivity index (χ3n) is 2.26. The first-order valence-corrected chi connectivity index (χ1v) is 4.96. The molecule has 0 amide bonds. The maximum atomic E-state index is 10.9. The van der Waals surface area contributed by atoms with E-state index in [1.54, 1.807) is 12.1 Å². The Morgan fingerprint density at radius 2 is 2.31 bits per heavy atom. The van der Waals surface area contributed by atoms with E-state index in [1.165, 1.54) is 0 Å². The van der Waals surface area contributed by atoms with E-state index < -0.39 is 11.9 Å². The lowest BCUT2D eigenvalue weighted by Crippen LogP contribution is -2.12. The van der Waals surface area contributed by atoms with E-state index >= 15 is 0 Å². The van der Waals surface area contributed by atoms with E-state index in [1.807, 2.05) is 0 Å². The number of hydrogen-bond donors (Lipinski definition) is 1. The summed E-state index contributed by atoms with van der Waals surface area (Å²) in [5.74, 6) is -0.409. The Kier molecular flexibility index (Phi) is 2.15. The van der Waals surface area contributed by atoms with Crippen LogP contribution < -0.4 is 0 Å². The largest absolute Gasteiger partial charge is 0.481 e. The molecule has 4 heteroatoms. The van der Waals surface area contributed by atoms with Gasteiger partial charge in [-0.15, -0.1) is 0 Å². The number of furan rings is 1. The van der Waals surface area contributed by atoms with Crippen molar-refractivity contribution in [2.75, 3.05) is 0 Å². The Labute approximate surface area is 83.9 Å². The summed E-state index contributed by atoms with van der Waals surface area (Å²) in [6.07, 6.45) is 1.99. The van der Waals surface area contributed by atoms with Crippen LogP contribution in [0.3, 0.4) is 0 Å². The van der Waals surface area contributed by atoms with Gasteiger partial charge < -0.3 is 9.52 Å². The predicted octanol–water partition coefficient (Wildman–Crippen LogP) is 2.62. The van der Waals surface area contributed by atoms with E-state index in [0.29, 0.717) is 10.4 Å². The van der Waals surface area contributed by atoms with Gasteiger partial charge in [-0.25, -0.2) is 0 Å². The molecule has 0 saturated heterocycles. The molecule has 0 aliphatic heterocycles. The molecule has 1 N–H and O–H groups in total. The molecule has 1 aromatic rings. The fourth-order valence-corrected chi connectivity index (χ4v) is 1.80. The minimum absolute atomic E-state index is 0.274. The SMILES string of the molecule is O=C(O)C(c1ccc(Br)o1)C1CC1. The van der Waals surface area contributed by atoms with Crippen molar-refractivity contribution < 1.29 is 14.3 Å². The summed E-state index contributed by atoms with van der Waals surface area (Å²) in [5, 5.41) is 8.97. The average molecular weight is 245 g/mol. The monoisotopic (exact) mass is 244 g/mol. The second kappa shape index (κ2) is 3.18. The molecule has 1 saturated carbocycles. The number of carboxylic acid groups (broad SMARTS) is 1. The molecule has 1 unspecified atom stereocenters. The molecule has 2 rings (SSSR count). The van der Waals surface area contributed by atoms with Crippen LogP contribution in [0.5, 0.6) is 0 Å². The van der Waals surface area contributed by atoms with Crippen LogP contribution in [0.25, 0.3) is 0 Å². The van der Waals surface area contributed by atoms with Gasteiger partial charge in [-0.05, 0) is 46.8 Å². The molecule has 1 heterocycles. The standard InChI is InChI=1S/C9H9BrO3/c10-7-4-3-6(13-7)8(9(11)12)5-1-2-5/h3-5,8H,1-2H2,(H,11,12). The highest BCUT2D eigenvalue weighted by molar-refractivity contribution is 9.10. The molecular weight excluding hydrogens is 236 g/mol. The first-order chi connectivity index (χ1) is 6.18. The third-order valence-corrected chi connectivity index (χ3v) is 2.69. The first kappa shape index (κ1) is 8.81. The summed E-state index contributed by atoms with van der Waals surface area (Å²) in [4.78, 5) is 10.9. The van der Waals surface area contributed by atoms with Crippen molar-refractivity contribution in [2.24, 2.45) is 5.92 Å². The van der Waals surface area contributed by atoms with Crippen molar-refractivity contribution in [3.63, 3.8) is 0 Å². The van der Waals surface area contributed by atoms with Gasteiger partial charge in [-0.1, -0.05) is 0 Å². The zero-order valence-corrected chi connectivity index (χ0v) is 8.45. The Morgan fingerprint density at radius 3 is 2.69 bits per heavy atom. The first-order valence-electron chi connectivity index (χ1n) is 4.16. The van der Waals surface area contributed by atoms with Crippen LogP contribution in [0.2, 0.25) is 0 Å². The molecule has 0 bridgehead atoms. The minimum Gasteiger partial charge on any atom is -0.481 e. The molecule has 70 valence electrons. The van der Waals surface area contributed by atoms with Crippen molar-refractivity contribution >= 4 is 21.9 Å². The summed E-state index contributed by atoms with van der Waals surface area (Å²) in [7, 11) is 0. The van der Waals surface area contributed by atoms with Gasteiger partial charge >= 0.3 is 5.97 Å². The van der Waals surface area contributed by atoms with E-state index in [9.17, 15) is 4.79 Å². The van der Waals surface area contributed by atoms with Gasteiger partial charge in [0.15, 0.2) is 4.67 Å². The molecule has 0 spiro atoms. The van der Waals surface area contributed by atoms with E-state index in [4.69, 9.17) is 9.52 Å². The Hall–Kier alpha value is -0.770. The van der Waals surface area contributed by atoms with Crippen LogP contribution in [-0.4, -0.2) is 11.1 Å². The Bertz CT molecular complexity index is 327. The number of rotatable bonds is 3. The molecule has 1 aromatic heterocycles. The number of aliphatic carboxylic acids is 1. The smallest absolute Gasteiger partial charge is 0.314 e. The average Bonchev–Trinajstić information content (AvgIpc) is 2.76. The van der Waals surface area contributed by atoms with Crippen LogP contribution in [0.1, 0.15) is 24.5 Å². The van der Waals surface area contributed by atoms with Crippen LogP contribution in [-0.2, 0) is 4.79 Å². The summed E-state index contributed by atoms with van der Waals surface area (Å²) in [6.45, 7) is 0. The topological polar surface area (TPSA) is 50.4 Å². The van der Waals surface area contributed by atoms with Gasteiger partial charge in [0.25, 0.3) is 0 Å². The van der Waals surface area contributed by atoms with Crippen LogP contribution in [0.15, 0.2) is 21.2 Å². The van der Waals surface area contributed by atoms with E-state index in [0.717, 1.165) is 12.8 Å². The van der Waals surface area contributed by atoms with Gasteiger partial charge in [0.2, 0.25) is 0 Å². The highest BCUT2D eigenvalue weighted by Crippen LogP contribution is 2.43. The lowest BCUT2D eigenvalue weighted by molar-refractivity contribution is -0.139. The molecule has 1 aliphatic rings. The maximum Gasteiger partial charge on any atom is 0.314 e. The number of carboxylic acids is 1. The summed E-state index contributed by atoms with van der Waals surface area (Å²) in [5.41, 5.74) is 0. The Balaban J connectivity index is 2.24. The van der Waals surface area contributed by atoms with Crippen molar-refractivity contribution in [1.82, 2.24) is 0 Å². The fraction of sp³-hybridized carbons (Fsp3) is 0.444. The summed E-state index contributed by atoms with van der Waals surface area (Å²) in [6, 6.07) is 3.45. The third kappa shape index (κ3) is 1.77. The zero-order chi connectivity index (χ0) is 9.42. The second-order valence-electron chi connectivity index (χ2n) is 3.30. The summed E-state index contributed by atoms with van der Waals surface area (Å²) < 4.78 is 5.84. The molecule has 1 fully saturated rings. The highest BCUT2D eigenvalue weighted by atomic mass is 79.9. The van der Waals surface area contributed by atoms with Gasteiger partial charge in [0.05, 0.1) is 0 Å². The zero-order valence-electron chi connectivity index (χ0n) is 6.87. The molecule has 1 atom stereocenters. The molecule has 13 heavy (non-hydrogen) atoms. The highest BCUT2D eigenvalue weighted by Gasteiger charge is 2.39. The van der Waals surface area contributed by atoms with Crippen LogP contribution in [0.4, 0.5) is 0 Å².